The third kappa shape index (κ3) is 1.72. The Labute approximate surface area is 88.7 Å². The second-order valence-electron chi connectivity index (χ2n) is 3.71. The highest BCUT2D eigenvalue weighted by molar-refractivity contribution is 6.17. The van der Waals surface area contributed by atoms with Crippen molar-refractivity contribution in [3.63, 3.8) is 0 Å². The summed E-state index contributed by atoms with van der Waals surface area (Å²) >= 11 is 5.68. The molecule has 0 aromatic heterocycles. The summed E-state index contributed by atoms with van der Waals surface area (Å²) in [6, 6.07) is 7.91. The molecule has 0 saturated heterocycles. The van der Waals surface area contributed by atoms with E-state index in [0.717, 1.165) is 24.2 Å². The average Bonchev–Trinajstić information content (AvgIpc) is 2.47. The third-order valence-electron chi connectivity index (χ3n) is 2.57. The van der Waals surface area contributed by atoms with Crippen molar-refractivity contribution in [1.82, 2.24) is 0 Å². The van der Waals surface area contributed by atoms with E-state index in [1.165, 1.54) is 0 Å². The number of hydrogen-bond acceptors (Lipinski definition) is 2. The zero-order chi connectivity index (χ0) is 10.0. The first-order valence-corrected chi connectivity index (χ1v) is 5.30. The number of rotatable bonds is 3. The van der Waals surface area contributed by atoms with Crippen molar-refractivity contribution in [2.75, 3.05) is 5.88 Å². The molecule has 2 heterocycles. The van der Waals surface area contributed by atoms with Gasteiger partial charge in [0.2, 0.25) is 0 Å². The Morgan fingerprint density at radius 1 is 1.29 bits per heavy atom. The molecule has 1 aromatic carbocycles. The maximum atomic E-state index is 5.68. The minimum atomic E-state index is -0.361. The van der Waals surface area contributed by atoms with E-state index in [4.69, 9.17) is 21.4 Å². The van der Waals surface area contributed by atoms with E-state index in [1.807, 2.05) is 31.2 Å². The summed E-state index contributed by atoms with van der Waals surface area (Å²) in [5.74, 6) is 1.40. The Bertz CT molecular complexity index is 310. The largest absolute Gasteiger partial charge is 0.337 e. The monoisotopic (exact) mass is 212 g/mol. The van der Waals surface area contributed by atoms with Gasteiger partial charge in [-0.2, -0.15) is 4.89 Å². The fourth-order valence-electron chi connectivity index (χ4n) is 1.64. The maximum Gasteiger partial charge on any atom is 0.165 e. The molecule has 0 radical (unpaired) electrons. The molecular formula is C11H13ClO2. The standard InChI is InChI=1S/C11H13ClO2/c1-11(7-2-8-12)9-3-5-10(6-4-9)13-14-11/h3-6H,2,7-8H2,1H3. The molecule has 0 aliphatic carbocycles. The first-order valence-electron chi connectivity index (χ1n) is 4.77. The van der Waals surface area contributed by atoms with Gasteiger partial charge in [-0.25, -0.2) is 0 Å². The van der Waals surface area contributed by atoms with Crippen LogP contribution in [-0.2, 0) is 10.5 Å². The van der Waals surface area contributed by atoms with E-state index in [9.17, 15) is 0 Å². The molecule has 76 valence electrons. The lowest BCUT2D eigenvalue weighted by atomic mass is 9.92. The van der Waals surface area contributed by atoms with Crippen LogP contribution in [0.2, 0.25) is 0 Å². The Kier molecular flexibility index (Phi) is 2.66. The molecule has 2 aliphatic rings. The Balaban J connectivity index is 2.22. The second-order valence-corrected chi connectivity index (χ2v) is 4.09. The van der Waals surface area contributed by atoms with E-state index in [0.29, 0.717) is 5.88 Å². The van der Waals surface area contributed by atoms with Gasteiger partial charge in [0.05, 0.1) is 0 Å². The van der Waals surface area contributed by atoms with E-state index in [1.54, 1.807) is 0 Å². The van der Waals surface area contributed by atoms with Gasteiger partial charge in [-0.15, -0.1) is 11.6 Å². The lowest BCUT2D eigenvalue weighted by molar-refractivity contribution is -0.292. The smallest absolute Gasteiger partial charge is 0.165 e. The first kappa shape index (κ1) is 9.81. The van der Waals surface area contributed by atoms with Gasteiger partial charge in [-0.05, 0) is 37.5 Å². The van der Waals surface area contributed by atoms with Crippen molar-refractivity contribution in [2.24, 2.45) is 0 Å². The lowest BCUT2D eigenvalue weighted by Gasteiger charge is -2.25. The van der Waals surface area contributed by atoms with Crippen LogP contribution in [-0.4, -0.2) is 5.88 Å². The number of halogens is 1. The normalized spacial score (nSPS) is 24.4. The van der Waals surface area contributed by atoms with Crippen LogP contribution < -0.4 is 4.89 Å². The van der Waals surface area contributed by atoms with Crippen molar-refractivity contribution in [3.05, 3.63) is 29.8 Å². The van der Waals surface area contributed by atoms with Gasteiger partial charge in [0, 0.05) is 5.88 Å². The van der Waals surface area contributed by atoms with Gasteiger partial charge in [0.15, 0.2) is 5.75 Å². The van der Waals surface area contributed by atoms with E-state index >= 15 is 0 Å². The highest BCUT2D eigenvalue weighted by Crippen LogP contribution is 2.35. The van der Waals surface area contributed by atoms with Gasteiger partial charge in [-0.1, -0.05) is 12.1 Å². The summed E-state index contributed by atoms with van der Waals surface area (Å²) in [5.41, 5.74) is 0.781. The van der Waals surface area contributed by atoms with Crippen LogP contribution in [0.5, 0.6) is 5.75 Å². The number of hydrogen-bond donors (Lipinski definition) is 0. The zero-order valence-electron chi connectivity index (χ0n) is 8.13. The van der Waals surface area contributed by atoms with Crippen LogP contribution in [0.25, 0.3) is 0 Å². The Morgan fingerprint density at radius 3 is 2.64 bits per heavy atom. The SMILES string of the molecule is CC1(CCCCl)OOc2ccc1cc2. The summed E-state index contributed by atoms with van der Waals surface area (Å²) in [6.07, 6.45) is 1.79. The van der Waals surface area contributed by atoms with Crippen LogP contribution in [0.3, 0.4) is 0 Å². The molecule has 0 amide bonds. The Morgan fingerprint density at radius 2 is 2.00 bits per heavy atom. The van der Waals surface area contributed by atoms with Crippen molar-refractivity contribution in [1.29, 1.82) is 0 Å². The highest BCUT2D eigenvalue weighted by atomic mass is 35.5. The molecule has 3 heteroatoms. The van der Waals surface area contributed by atoms with Crippen LogP contribution in [0, 0.1) is 0 Å². The molecule has 2 nitrogen and oxygen atoms in total. The van der Waals surface area contributed by atoms with Crippen molar-refractivity contribution < 1.29 is 9.78 Å². The zero-order valence-corrected chi connectivity index (χ0v) is 8.88. The van der Waals surface area contributed by atoms with Crippen LogP contribution >= 0.6 is 11.6 Å². The highest BCUT2D eigenvalue weighted by Gasteiger charge is 2.31. The molecule has 0 fully saturated rings. The summed E-state index contributed by atoms with van der Waals surface area (Å²) in [5, 5.41) is 0. The average molecular weight is 213 g/mol. The van der Waals surface area contributed by atoms with E-state index < -0.39 is 0 Å². The van der Waals surface area contributed by atoms with Gasteiger partial charge in [-0.3, -0.25) is 0 Å². The summed E-state index contributed by atoms with van der Waals surface area (Å²) in [4.78, 5) is 10.6. The minimum absolute atomic E-state index is 0.361. The van der Waals surface area contributed by atoms with Crippen molar-refractivity contribution in [3.8, 4) is 5.75 Å². The quantitative estimate of drug-likeness (QED) is 0.566. The predicted molar refractivity (Wildman–Crippen MR) is 55.5 cm³/mol. The molecule has 1 aromatic rings. The number of benzene rings is 1. The molecule has 14 heavy (non-hydrogen) atoms. The molecule has 1 atom stereocenters. The summed E-state index contributed by atoms with van der Waals surface area (Å²) in [6.45, 7) is 2.03. The summed E-state index contributed by atoms with van der Waals surface area (Å²) < 4.78 is 0. The molecule has 3 rings (SSSR count). The summed E-state index contributed by atoms with van der Waals surface area (Å²) in [7, 11) is 0. The molecule has 0 N–H and O–H groups in total. The first-order chi connectivity index (χ1) is 6.74. The molecule has 2 bridgehead atoms. The molecule has 2 aliphatic heterocycles. The second kappa shape index (κ2) is 3.79. The lowest BCUT2D eigenvalue weighted by Crippen LogP contribution is -2.26. The van der Waals surface area contributed by atoms with Crippen LogP contribution in [0.15, 0.2) is 24.3 Å². The fourth-order valence-corrected chi connectivity index (χ4v) is 1.78. The molecular weight excluding hydrogens is 200 g/mol. The van der Waals surface area contributed by atoms with Gasteiger partial charge in [0.25, 0.3) is 0 Å². The fraction of sp³-hybridized carbons (Fsp3) is 0.455. The number of fused-ring (bicyclic) bond motifs is 4. The maximum absolute atomic E-state index is 5.68. The Hall–Kier alpha value is -0.730. The van der Waals surface area contributed by atoms with Crippen molar-refractivity contribution in [2.45, 2.75) is 25.4 Å². The minimum Gasteiger partial charge on any atom is -0.337 e. The molecule has 0 spiro atoms. The van der Waals surface area contributed by atoms with Crippen molar-refractivity contribution >= 4 is 11.6 Å². The topological polar surface area (TPSA) is 18.5 Å². The predicted octanol–water partition coefficient (Wildman–Crippen LogP) is 3.24. The van der Waals surface area contributed by atoms with E-state index in [2.05, 4.69) is 0 Å². The van der Waals surface area contributed by atoms with Gasteiger partial charge in [0.1, 0.15) is 5.60 Å². The van der Waals surface area contributed by atoms with Crippen LogP contribution in [0.4, 0.5) is 0 Å². The van der Waals surface area contributed by atoms with Crippen LogP contribution in [0.1, 0.15) is 25.3 Å². The van der Waals surface area contributed by atoms with Gasteiger partial charge >= 0.3 is 0 Å². The third-order valence-corrected chi connectivity index (χ3v) is 2.84. The number of alkyl halides is 1. The molecule has 0 saturated carbocycles. The van der Waals surface area contributed by atoms with Gasteiger partial charge < -0.3 is 4.89 Å². The molecule has 1 unspecified atom stereocenters. The van der Waals surface area contributed by atoms with E-state index in [-0.39, 0.29) is 5.60 Å².